The zero-order valence-corrected chi connectivity index (χ0v) is 15.2. The lowest BCUT2D eigenvalue weighted by Gasteiger charge is -2.34. The Morgan fingerprint density at radius 1 is 1.16 bits per heavy atom. The first kappa shape index (κ1) is 17.5. The van der Waals surface area contributed by atoms with Gasteiger partial charge in [-0.3, -0.25) is 4.90 Å². The minimum absolute atomic E-state index is 0.0110. The molecule has 0 unspecified atom stereocenters. The van der Waals surface area contributed by atoms with Crippen LogP contribution in [0.2, 0.25) is 0 Å². The van der Waals surface area contributed by atoms with E-state index in [0.717, 1.165) is 44.2 Å². The lowest BCUT2D eigenvalue weighted by atomic mass is 10.1. The number of hydrogen-bond donors (Lipinski definition) is 1. The highest BCUT2D eigenvalue weighted by Crippen LogP contribution is 2.11. The van der Waals surface area contributed by atoms with Gasteiger partial charge in [0, 0.05) is 45.3 Å². The lowest BCUT2D eigenvalue weighted by Crippen LogP contribution is -2.51. The second-order valence-corrected chi connectivity index (χ2v) is 6.78. The summed E-state index contributed by atoms with van der Waals surface area (Å²) in [6.07, 6.45) is 0. The number of rotatable bonds is 4. The fourth-order valence-electron chi connectivity index (χ4n) is 3.16. The number of amides is 2. The summed E-state index contributed by atoms with van der Waals surface area (Å²) < 4.78 is 5.11. The van der Waals surface area contributed by atoms with Gasteiger partial charge >= 0.3 is 6.03 Å². The van der Waals surface area contributed by atoms with Crippen molar-refractivity contribution in [2.75, 3.05) is 26.2 Å². The van der Waals surface area contributed by atoms with Crippen molar-refractivity contribution in [1.29, 1.82) is 0 Å². The molecule has 0 bridgehead atoms. The molecule has 0 atom stereocenters. The summed E-state index contributed by atoms with van der Waals surface area (Å²) in [5.74, 6) is 0.833. The lowest BCUT2D eigenvalue weighted by molar-refractivity contribution is 0.133. The van der Waals surface area contributed by atoms with Crippen molar-refractivity contribution in [2.45, 2.75) is 33.9 Å². The number of benzene rings is 1. The summed E-state index contributed by atoms with van der Waals surface area (Å²) in [7, 11) is 0. The first-order chi connectivity index (χ1) is 12.0. The Morgan fingerprint density at radius 3 is 2.56 bits per heavy atom. The molecule has 134 valence electrons. The monoisotopic (exact) mass is 342 g/mol. The van der Waals surface area contributed by atoms with Crippen LogP contribution in [0.3, 0.4) is 0 Å². The van der Waals surface area contributed by atoms with Crippen LogP contribution in [0, 0.1) is 20.8 Å². The van der Waals surface area contributed by atoms with Crippen molar-refractivity contribution in [1.82, 2.24) is 20.3 Å². The SMILES string of the molecule is Cc1ccc(CNC(=O)N2CCN(Cc3cc(C)on3)CC2)c(C)c1. The first-order valence-corrected chi connectivity index (χ1v) is 8.75. The Kier molecular flexibility index (Phi) is 5.38. The van der Waals surface area contributed by atoms with Crippen LogP contribution >= 0.6 is 0 Å². The molecule has 25 heavy (non-hydrogen) atoms. The molecule has 6 heteroatoms. The zero-order valence-electron chi connectivity index (χ0n) is 15.2. The van der Waals surface area contributed by atoms with Crippen LogP contribution in [0.5, 0.6) is 0 Å². The molecule has 2 heterocycles. The third-order valence-corrected chi connectivity index (χ3v) is 4.65. The molecule has 1 aliphatic heterocycles. The molecule has 1 fully saturated rings. The van der Waals surface area contributed by atoms with Gasteiger partial charge < -0.3 is 14.7 Å². The maximum atomic E-state index is 12.4. The molecule has 3 rings (SSSR count). The predicted molar refractivity (Wildman–Crippen MR) is 96.2 cm³/mol. The van der Waals surface area contributed by atoms with E-state index in [1.165, 1.54) is 16.7 Å². The van der Waals surface area contributed by atoms with Gasteiger partial charge in [-0.15, -0.1) is 0 Å². The Bertz CT molecular complexity index is 733. The summed E-state index contributed by atoms with van der Waals surface area (Å²) in [4.78, 5) is 16.6. The molecule has 1 aromatic heterocycles. The molecule has 0 radical (unpaired) electrons. The van der Waals surface area contributed by atoms with Crippen molar-refractivity contribution in [3.63, 3.8) is 0 Å². The average molecular weight is 342 g/mol. The Hall–Kier alpha value is -2.34. The second-order valence-electron chi connectivity index (χ2n) is 6.78. The number of nitrogens with zero attached hydrogens (tertiary/aromatic N) is 3. The number of piperazine rings is 1. The molecule has 1 N–H and O–H groups in total. The molecule has 1 aliphatic rings. The van der Waals surface area contributed by atoms with E-state index >= 15 is 0 Å². The normalized spacial score (nSPS) is 15.4. The van der Waals surface area contributed by atoms with Gasteiger partial charge in [-0.05, 0) is 31.9 Å². The molecule has 6 nitrogen and oxygen atoms in total. The fraction of sp³-hybridized carbons (Fsp3) is 0.474. The maximum Gasteiger partial charge on any atom is 0.317 e. The van der Waals surface area contributed by atoms with Crippen LogP contribution in [0.15, 0.2) is 28.8 Å². The molecular formula is C19H26N4O2. The van der Waals surface area contributed by atoms with Crippen molar-refractivity contribution in [3.05, 3.63) is 52.4 Å². The van der Waals surface area contributed by atoms with E-state index in [4.69, 9.17) is 4.52 Å². The van der Waals surface area contributed by atoms with E-state index in [2.05, 4.69) is 47.4 Å². The number of urea groups is 1. The van der Waals surface area contributed by atoms with Crippen LogP contribution in [0.25, 0.3) is 0 Å². The Labute approximate surface area is 148 Å². The molecule has 0 saturated carbocycles. The highest BCUT2D eigenvalue weighted by Gasteiger charge is 2.21. The smallest absolute Gasteiger partial charge is 0.317 e. The maximum absolute atomic E-state index is 12.4. The third-order valence-electron chi connectivity index (χ3n) is 4.65. The number of aromatic nitrogens is 1. The molecule has 2 aromatic rings. The summed E-state index contributed by atoms with van der Waals surface area (Å²) in [5, 5.41) is 7.07. The van der Waals surface area contributed by atoms with Crippen molar-refractivity contribution < 1.29 is 9.32 Å². The van der Waals surface area contributed by atoms with Gasteiger partial charge in [-0.2, -0.15) is 0 Å². The van der Waals surface area contributed by atoms with E-state index in [1.54, 1.807) is 0 Å². The van der Waals surface area contributed by atoms with Gasteiger partial charge in [0.2, 0.25) is 0 Å². The largest absolute Gasteiger partial charge is 0.361 e. The van der Waals surface area contributed by atoms with Gasteiger partial charge in [0.05, 0.1) is 5.69 Å². The quantitative estimate of drug-likeness (QED) is 0.928. The predicted octanol–water partition coefficient (Wildman–Crippen LogP) is 2.63. The van der Waals surface area contributed by atoms with Crippen LogP contribution in [-0.2, 0) is 13.1 Å². The van der Waals surface area contributed by atoms with Gasteiger partial charge in [-0.1, -0.05) is 28.9 Å². The molecular weight excluding hydrogens is 316 g/mol. The fourth-order valence-corrected chi connectivity index (χ4v) is 3.16. The summed E-state index contributed by atoms with van der Waals surface area (Å²) in [5.41, 5.74) is 4.57. The number of carbonyl (C=O) groups is 1. The van der Waals surface area contributed by atoms with Gasteiger partial charge in [0.1, 0.15) is 5.76 Å². The van der Waals surface area contributed by atoms with E-state index < -0.39 is 0 Å². The van der Waals surface area contributed by atoms with Crippen LogP contribution < -0.4 is 5.32 Å². The van der Waals surface area contributed by atoms with Crippen molar-refractivity contribution in [2.24, 2.45) is 0 Å². The van der Waals surface area contributed by atoms with E-state index in [-0.39, 0.29) is 6.03 Å². The Morgan fingerprint density at radius 2 is 1.92 bits per heavy atom. The molecule has 0 aliphatic carbocycles. The van der Waals surface area contributed by atoms with Crippen LogP contribution in [-0.4, -0.2) is 47.2 Å². The van der Waals surface area contributed by atoms with Crippen LogP contribution in [0.4, 0.5) is 4.79 Å². The van der Waals surface area contributed by atoms with Crippen molar-refractivity contribution >= 4 is 6.03 Å². The molecule has 0 spiro atoms. The number of nitrogens with one attached hydrogen (secondary N) is 1. The van der Waals surface area contributed by atoms with E-state index in [9.17, 15) is 4.79 Å². The van der Waals surface area contributed by atoms with Gasteiger partial charge in [-0.25, -0.2) is 4.79 Å². The minimum Gasteiger partial charge on any atom is -0.361 e. The van der Waals surface area contributed by atoms with E-state index in [0.29, 0.717) is 6.54 Å². The van der Waals surface area contributed by atoms with E-state index in [1.807, 2.05) is 17.9 Å². The topological polar surface area (TPSA) is 61.6 Å². The van der Waals surface area contributed by atoms with Gasteiger partial charge in [0.15, 0.2) is 0 Å². The van der Waals surface area contributed by atoms with Crippen molar-refractivity contribution in [3.8, 4) is 0 Å². The number of aryl methyl sites for hydroxylation is 3. The Balaban J connectivity index is 1.45. The summed E-state index contributed by atoms with van der Waals surface area (Å²) in [6, 6.07) is 8.29. The highest BCUT2D eigenvalue weighted by molar-refractivity contribution is 5.74. The van der Waals surface area contributed by atoms with Gasteiger partial charge in [0.25, 0.3) is 0 Å². The number of carbonyl (C=O) groups excluding carboxylic acids is 1. The van der Waals surface area contributed by atoms with Crippen LogP contribution in [0.1, 0.15) is 28.1 Å². The average Bonchev–Trinajstić information content (AvgIpc) is 2.99. The number of hydrogen-bond acceptors (Lipinski definition) is 4. The summed E-state index contributed by atoms with van der Waals surface area (Å²) in [6.45, 7) is 10.6. The highest BCUT2D eigenvalue weighted by atomic mass is 16.5. The first-order valence-electron chi connectivity index (χ1n) is 8.75. The zero-order chi connectivity index (χ0) is 17.8. The third kappa shape index (κ3) is 4.60. The minimum atomic E-state index is 0.0110. The molecule has 1 saturated heterocycles. The molecule has 1 aromatic carbocycles. The molecule has 2 amide bonds. The second kappa shape index (κ2) is 7.70. The standard InChI is InChI=1S/C19H26N4O2/c1-14-4-5-17(15(2)10-14)12-20-19(24)23-8-6-22(7-9-23)13-18-11-16(3)25-21-18/h4-5,10-11H,6-9,12-13H2,1-3H3,(H,20,24). The summed E-state index contributed by atoms with van der Waals surface area (Å²) >= 11 is 0.